The van der Waals surface area contributed by atoms with E-state index in [-0.39, 0.29) is 5.91 Å². The fourth-order valence-corrected chi connectivity index (χ4v) is 2.31. The lowest BCUT2D eigenvalue weighted by Gasteiger charge is -2.06. The largest absolute Gasteiger partial charge is 0.344 e. The number of amides is 1. The average Bonchev–Trinajstić information content (AvgIpc) is 2.44. The molecule has 0 aliphatic rings. The second-order valence-electron chi connectivity index (χ2n) is 4.09. The third-order valence-electron chi connectivity index (χ3n) is 2.41. The van der Waals surface area contributed by atoms with Gasteiger partial charge in [0, 0.05) is 11.4 Å². The number of terminal acetylenes is 1. The Bertz CT molecular complexity index is 440. The predicted octanol–water partition coefficient (Wildman–Crippen LogP) is 2.03. The standard InChI is InChI=1S/C15H20N2OS/c1-3-8-16-11-13-6-5-7-14(10-13)19-12-15(18)17-9-4-2/h2,5-7,10,16H,3,8-9,11-12H2,1H3,(H,17,18). The number of carbonyl (C=O) groups is 1. The molecular formula is C15H20N2OS. The van der Waals surface area contributed by atoms with Gasteiger partial charge in [-0.05, 0) is 30.7 Å². The van der Waals surface area contributed by atoms with Gasteiger partial charge in [-0.1, -0.05) is 25.0 Å². The van der Waals surface area contributed by atoms with Crippen LogP contribution >= 0.6 is 11.8 Å². The molecule has 1 rings (SSSR count). The number of hydrogen-bond donors (Lipinski definition) is 2. The summed E-state index contributed by atoms with van der Waals surface area (Å²) in [7, 11) is 0. The van der Waals surface area contributed by atoms with Crippen LogP contribution < -0.4 is 10.6 Å². The van der Waals surface area contributed by atoms with Crippen molar-refractivity contribution < 1.29 is 4.79 Å². The quantitative estimate of drug-likeness (QED) is 0.434. The molecule has 0 atom stereocenters. The Morgan fingerprint density at radius 1 is 1.47 bits per heavy atom. The van der Waals surface area contributed by atoms with E-state index in [4.69, 9.17) is 6.42 Å². The van der Waals surface area contributed by atoms with Crippen molar-refractivity contribution >= 4 is 17.7 Å². The van der Waals surface area contributed by atoms with Gasteiger partial charge < -0.3 is 10.6 Å². The molecule has 1 aromatic rings. The van der Waals surface area contributed by atoms with Crippen LogP contribution in [0.15, 0.2) is 29.2 Å². The molecule has 3 nitrogen and oxygen atoms in total. The summed E-state index contributed by atoms with van der Waals surface area (Å²) in [5, 5.41) is 6.01. The van der Waals surface area contributed by atoms with Crippen molar-refractivity contribution in [2.75, 3.05) is 18.8 Å². The molecular weight excluding hydrogens is 256 g/mol. The summed E-state index contributed by atoms with van der Waals surface area (Å²) in [6.45, 7) is 4.33. The van der Waals surface area contributed by atoms with Crippen molar-refractivity contribution in [3.8, 4) is 12.3 Å². The molecule has 102 valence electrons. The van der Waals surface area contributed by atoms with E-state index in [1.165, 1.54) is 17.3 Å². The lowest BCUT2D eigenvalue weighted by molar-refractivity contribution is -0.118. The van der Waals surface area contributed by atoms with Crippen LogP contribution in [0.2, 0.25) is 0 Å². The van der Waals surface area contributed by atoms with Crippen LogP contribution in [0.5, 0.6) is 0 Å². The van der Waals surface area contributed by atoms with Crippen LogP contribution in [-0.4, -0.2) is 24.7 Å². The van der Waals surface area contributed by atoms with E-state index in [2.05, 4.69) is 35.6 Å². The highest BCUT2D eigenvalue weighted by Gasteiger charge is 2.02. The normalized spacial score (nSPS) is 9.89. The van der Waals surface area contributed by atoms with Crippen LogP contribution in [0.3, 0.4) is 0 Å². The fraction of sp³-hybridized carbons (Fsp3) is 0.400. The molecule has 0 bridgehead atoms. The molecule has 0 spiro atoms. The first-order valence-corrected chi connectivity index (χ1v) is 7.37. The number of carbonyl (C=O) groups excluding carboxylic acids is 1. The van der Waals surface area contributed by atoms with Crippen LogP contribution in [0.1, 0.15) is 18.9 Å². The molecule has 0 radical (unpaired) electrons. The van der Waals surface area contributed by atoms with Crippen LogP contribution in [0, 0.1) is 12.3 Å². The predicted molar refractivity (Wildman–Crippen MR) is 81.0 cm³/mol. The maximum absolute atomic E-state index is 11.4. The zero-order chi connectivity index (χ0) is 13.9. The van der Waals surface area contributed by atoms with Gasteiger partial charge in [0.05, 0.1) is 12.3 Å². The smallest absolute Gasteiger partial charge is 0.231 e. The SMILES string of the molecule is C#CCNC(=O)CSc1cccc(CNCCC)c1. The average molecular weight is 276 g/mol. The van der Waals surface area contributed by atoms with Crippen LogP contribution in [0.4, 0.5) is 0 Å². The Kier molecular flexibility index (Phi) is 7.80. The Labute approximate surface area is 119 Å². The van der Waals surface area contributed by atoms with Gasteiger partial charge in [0.15, 0.2) is 0 Å². The van der Waals surface area contributed by atoms with Gasteiger partial charge in [0.1, 0.15) is 0 Å². The monoisotopic (exact) mass is 276 g/mol. The van der Waals surface area contributed by atoms with Gasteiger partial charge in [-0.2, -0.15) is 0 Å². The molecule has 0 aromatic heterocycles. The van der Waals surface area contributed by atoms with E-state index in [0.29, 0.717) is 12.3 Å². The van der Waals surface area contributed by atoms with Crippen molar-refractivity contribution in [3.05, 3.63) is 29.8 Å². The van der Waals surface area contributed by atoms with Gasteiger partial charge in [0.2, 0.25) is 5.91 Å². The van der Waals surface area contributed by atoms with Gasteiger partial charge in [-0.25, -0.2) is 0 Å². The van der Waals surface area contributed by atoms with Crippen molar-refractivity contribution in [1.29, 1.82) is 0 Å². The second-order valence-corrected chi connectivity index (χ2v) is 5.14. The summed E-state index contributed by atoms with van der Waals surface area (Å²) in [6, 6.07) is 8.24. The molecule has 0 fully saturated rings. The summed E-state index contributed by atoms with van der Waals surface area (Å²) < 4.78 is 0. The number of benzene rings is 1. The Hall–Kier alpha value is -1.44. The molecule has 1 aromatic carbocycles. The van der Waals surface area contributed by atoms with Gasteiger partial charge in [-0.3, -0.25) is 4.79 Å². The molecule has 4 heteroatoms. The first kappa shape index (κ1) is 15.6. The Morgan fingerprint density at radius 2 is 2.32 bits per heavy atom. The van der Waals surface area contributed by atoms with Gasteiger partial charge >= 0.3 is 0 Å². The molecule has 0 unspecified atom stereocenters. The zero-order valence-electron chi connectivity index (χ0n) is 11.2. The Balaban J connectivity index is 2.39. The third kappa shape index (κ3) is 6.90. The fourth-order valence-electron chi connectivity index (χ4n) is 1.50. The van der Waals surface area contributed by atoms with Crippen molar-refractivity contribution in [1.82, 2.24) is 10.6 Å². The van der Waals surface area contributed by atoms with Crippen molar-refractivity contribution in [3.63, 3.8) is 0 Å². The molecule has 0 aliphatic carbocycles. The van der Waals surface area contributed by atoms with E-state index in [0.717, 1.165) is 24.4 Å². The lowest BCUT2D eigenvalue weighted by Crippen LogP contribution is -2.25. The zero-order valence-corrected chi connectivity index (χ0v) is 12.1. The van der Waals surface area contributed by atoms with Crippen molar-refractivity contribution in [2.45, 2.75) is 24.8 Å². The first-order valence-electron chi connectivity index (χ1n) is 6.39. The highest BCUT2D eigenvalue weighted by Crippen LogP contribution is 2.18. The van der Waals surface area contributed by atoms with Crippen LogP contribution in [0.25, 0.3) is 0 Å². The molecule has 0 saturated carbocycles. The molecule has 0 saturated heterocycles. The number of rotatable bonds is 8. The van der Waals surface area contributed by atoms with E-state index < -0.39 is 0 Å². The molecule has 0 aliphatic heterocycles. The Morgan fingerprint density at radius 3 is 3.05 bits per heavy atom. The highest BCUT2D eigenvalue weighted by molar-refractivity contribution is 8.00. The number of hydrogen-bond acceptors (Lipinski definition) is 3. The van der Waals surface area contributed by atoms with Crippen LogP contribution in [-0.2, 0) is 11.3 Å². The minimum absolute atomic E-state index is 0.0301. The summed E-state index contributed by atoms with van der Waals surface area (Å²) in [5.41, 5.74) is 1.24. The van der Waals surface area contributed by atoms with Crippen molar-refractivity contribution in [2.24, 2.45) is 0 Å². The molecule has 1 amide bonds. The van der Waals surface area contributed by atoms with Gasteiger partial charge in [-0.15, -0.1) is 18.2 Å². The molecule has 2 N–H and O–H groups in total. The molecule has 0 heterocycles. The summed E-state index contributed by atoms with van der Waals surface area (Å²) in [5.74, 6) is 2.75. The highest BCUT2D eigenvalue weighted by atomic mass is 32.2. The lowest BCUT2D eigenvalue weighted by atomic mass is 10.2. The third-order valence-corrected chi connectivity index (χ3v) is 3.41. The summed E-state index contributed by atoms with van der Waals surface area (Å²) in [4.78, 5) is 12.5. The summed E-state index contributed by atoms with van der Waals surface area (Å²) >= 11 is 1.52. The molecule has 19 heavy (non-hydrogen) atoms. The minimum Gasteiger partial charge on any atom is -0.344 e. The number of nitrogens with one attached hydrogen (secondary N) is 2. The topological polar surface area (TPSA) is 41.1 Å². The maximum Gasteiger partial charge on any atom is 0.231 e. The van der Waals surface area contributed by atoms with E-state index >= 15 is 0 Å². The van der Waals surface area contributed by atoms with E-state index in [9.17, 15) is 4.79 Å². The maximum atomic E-state index is 11.4. The van der Waals surface area contributed by atoms with E-state index in [1.54, 1.807) is 0 Å². The number of thioether (sulfide) groups is 1. The van der Waals surface area contributed by atoms with E-state index in [1.807, 2.05) is 12.1 Å². The van der Waals surface area contributed by atoms with Gasteiger partial charge in [0.25, 0.3) is 0 Å². The first-order chi connectivity index (χ1) is 9.26. The summed E-state index contributed by atoms with van der Waals surface area (Å²) in [6.07, 6.45) is 6.21. The second kappa shape index (κ2) is 9.48. The minimum atomic E-state index is -0.0301.